The minimum absolute atomic E-state index is 0.00336. The number of rotatable bonds is 4. The molecule has 0 saturated carbocycles. The van der Waals surface area contributed by atoms with Gasteiger partial charge in [-0.1, -0.05) is 11.6 Å². The number of halogens is 6. The predicted octanol–water partition coefficient (Wildman–Crippen LogP) is 4.91. The van der Waals surface area contributed by atoms with Crippen LogP contribution < -0.4 is 0 Å². The van der Waals surface area contributed by atoms with Crippen molar-refractivity contribution in [3.8, 4) is 0 Å². The molecule has 20 heavy (non-hydrogen) atoms. The van der Waals surface area contributed by atoms with Crippen molar-refractivity contribution in [1.29, 1.82) is 0 Å². The number of imidazole rings is 1. The van der Waals surface area contributed by atoms with Crippen LogP contribution in [0.5, 0.6) is 0 Å². The van der Waals surface area contributed by atoms with E-state index in [0.29, 0.717) is 5.82 Å². The Balaban J connectivity index is 2.35. The summed E-state index contributed by atoms with van der Waals surface area (Å²) < 4.78 is 51.8. The second-order valence-electron chi connectivity index (χ2n) is 4.29. The van der Waals surface area contributed by atoms with Crippen LogP contribution in [0.3, 0.4) is 0 Å². The minimum Gasteiger partial charge on any atom is -0.325 e. The van der Waals surface area contributed by atoms with Gasteiger partial charge in [0.25, 0.3) is 0 Å². The summed E-state index contributed by atoms with van der Waals surface area (Å²) in [6.07, 6.45) is -5.34. The third kappa shape index (κ3) is 3.35. The van der Waals surface area contributed by atoms with Crippen molar-refractivity contribution >= 4 is 34.2 Å². The van der Waals surface area contributed by atoms with Gasteiger partial charge in [0.2, 0.25) is 0 Å². The Morgan fingerprint density at radius 3 is 2.55 bits per heavy atom. The summed E-state index contributed by atoms with van der Waals surface area (Å²) >= 11 is 11.4. The van der Waals surface area contributed by atoms with Crippen LogP contribution in [0, 0.1) is 5.82 Å². The molecule has 2 nitrogen and oxygen atoms in total. The molecular formula is C12H10Cl2F4N2. The van der Waals surface area contributed by atoms with Crippen LogP contribution in [0.1, 0.15) is 18.7 Å². The topological polar surface area (TPSA) is 17.8 Å². The molecule has 8 heteroatoms. The van der Waals surface area contributed by atoms with E-state index in [1.807, 2.05) is 0 Å². The summed E-state index contributed by atoms with van der Waals surface area (Å²) in [5.41, 5.74) is 0.421. The fourth-order valence-electron chi connectivity index (χ4n) is 2.01. The molecule has 1 aromatic carbocycles. The molecule has 0 saturated heterocycles. The van der Waals surface area contributed by atoms with Crippen LogP contribution in [0.2, 0.25) is 5.02 Å². The van der Waals surface area contributed by atoms with Crippen LogP contribution in [0.4, 0.5) is 17.6 Å². The summed E-state index contributed by atoms with van der Waals surface area (Å²) in [5, 5.41) is 0.177. The van der Waals surface area contributed by atoms with Crippen molar-refractivity contribution in [2.45, 2.75) is 31.4 Å². The minimum atomic E-state index is -4.24. The molecule has 0 radical (unpaired) electrons. The number of aryl methyl sites for hydroxylation is 1. The molecule has 0 N–H and O–H groups in total. The molecule has 0 unspecified atom stereocenters. The van der Waals surface area contributed by atoms with Crippen molar-refractivity contribution in [3.63, 3.8) is 0 Å². The molecule has 0 spiro atoms. The van der Waals surface area contributed by atoms with Crippen molar-refractivity contribution in [1.82, 2.24) is 9.55 Å². The first kappa shape index (κ1) is 15.4. The fourth-order valence-corrected chi connectivity index (χ4v) is 2.42. The zero-order valence-corrected chi connectivity index (χ0v) is 11.7. The van der Waals surface area contributed by atoms with Crippen LogP contribution in [-0.4, -0.2) is 15.7 Å². The average molecular weight is 329 g/mol. The summed E-state index contributed by atoms with van der Waals surface area (Å²) in [4.78, 5) is 4.09. The molecular weight excluding hydrogens is 319 g/mol. The molecule has 0 bridgehead atoms. The van der Waals surface area contributed by atoms with E-state index < -0.39 is 18.4 Å². The monoisotopic (exact) mass is 328 g/mol. The average Bonchev–Trinajstić information content (AvgIpc) is 2.65. The Kier molecular flexibility index (Phi) is 4.44. The highest BCUT2D eigenvalue weighted by Gasteiger charge is 2.26. The maximum absolute atomic E-state index is 13.9. The summed E-state index contributed by atoms with van der Waals surface area (Å²) in [5.74, 6) is -0.314. The maximum atomic E-state index is 13.9. The van der Waals surface area contributed by atoms with Gasteiger partial charge >= 0.3 is 6.18 Å². The lowest BCUT2D eigenvalue weighted by Crippen LogP contribution is -2.10. The van der Waals surface area contributed by atoms with Crippen LogP contribution in [-0.2, 0) is 12.4 Å². The SMILES string of the molecule is Fc1cc(Cl)cc2nc(CCl)n(CCCC(F)(F)F)c12. The van der Waals surface area contributed by atoms with Crippen LogP contribution >= 0.6 is 23.2 Å². The first-order chi connectivity index (χ1) is 9.31. The Labute approximate surface area is 122 Å². The second kappa shape index (κ2) is 5.77. The lowest BCUT2D eigenvalue weighted by atomic mass is 10.2. The first-order valence-electron chi connectivity index (χ1n) is 5.78. The van der Waals surface area contributed by atoms with Gasteiger partial charge in [0, 0.05) is 18.0 Å². The zero-order chi connectivity index (χ0) is 14.9. The molecule has 0 fully saturated rings. The highest BCUT2D eigenvalue weighted by molar-refractivity contribution is 6.31. The number of fused-ring (bicyclic) bond motifs is 1. The third-order valence-corrected chi connectivity index (χ3v) is 3.26. The van der Waals surface area contributed by atoms with Gasteiger partial charge in [-0.2, -0.15) is 13.2 Å². The second-order valence-corrected chi connectivity index (χ2v) is 4.99. The van der Waals surface area contributed by atoms with Gasteiger partial charge in [-0.3, -0.25) is 0 Å². The third-order valence-electron chi connectivity index (χ3n) is 2.80. The van der Waals surface area contributed by atoms with Crippen molar-refractivity contribution < 1.29 is 17.6 Å². The van der Waals surface area contributed by atoms with E-state index in [2.05, 4.69) is 4.98 Å². The van der Waals surface area contributed by atoms with Gasteiger partial charge in [-0.15, -0.1) is 11.6 Å². The van der Waals surface area contributed by atoms with Crippen molar-refractivity contribution in [2.75, 3.05) is 0 Å². The van der Waals surface area contributed by atoms with E-state index in [4.69, 9.17) is 23.2 Å². The fraction of sp³-hybridized carbons (Fsp3) is 0.417. The number of nitrogens with zero attached hydrogens (tertiary/aromatic N) is 2. The smallest absolute Gasteiger partial charge is 0.325 e. The Morgan fingerprint density at radius 2 is 1.95 bits per heavy atom. The number of hydrogen-bond acceptors (Lipinski definition) is 1. The predicted molar refractivity (Wildman–Crippen MR) is 69.5 cm³/mol. The molecule has 0 aliphatic rings. The standard InChI is InChI=1S/C12H10Cl2F4N2/c13-6-10-19-9-5-7(14)4-8(15)11(9)20(10)3-1-2-12(16,17)18/h4-5H,1-3,6H2. The molecule has 2 rings (SSSR count). The zero-order valence-electron chi connectivity index (χ0n) is 10.1. The van der Waals surface area contributed by atoms with Gasteiger partial charge in [-0.05, 0) is 18.6 Å². The summed E-state index contributed by atoms with van der Waals surface area (Å²) in [6, 6.07) is 2.56. The quantitative estimate of drug-likeness (QED) is 0.576. The molecule has 1 aromatic heterocycles. The van der Waals surface area contributed by atoms with E-state index in [9.17, 15) is 17.6 Å². The molecule has 2 aromatic rings. The molecule has 1 heterocycles. The Bertz CT molecular complexity index is 622. The van der Waals surface area contributed by atoms with E-state index in [-0.39, 0.29) is 34.9 Å². The number of hydrogen-bond donors (Lipinski definition) is 0. The number of benzene rings is 1. The molecule has 0 amide bonds. The van der Waals surface area contributed by atoms with Crippen LogP contribution in [0.15, 0.2) is 12.1 Å². The molecule has 0 aliphatic carbocycles. The largest absolute Gasteiger partial charge is 0.389 e. The van der Waals surface area contributed by atoms with Gasteiger partial charge < -0.3 is 4.57 Å². The molecule has 110 valence electrons. The van der Waals surface area contributed by atoms with Crippen LogP contribution in [0.25, 0.3) is 11.0 Å². The highest BCUT2D eigenvalue weighted by atomic mass is 35.5. The Hall–Kier alpha value is -1.01. The number of aromatic nitrogens is 2. The molecule has 0 atom stereocenters. The van der Waals surface area contributed by atoms with Gasteiger partial charge in [-0.25, -0.2) is 9.37 Å². The number of alkyl halides is 4. The van der Waals surface area contributed by atoms with Gasteiger partial charge in [0.05, 0.1) is 11.4 Å². The lowest BCUT2D eigenvalue weighted by Gasteiger charge is -2.10. The van der Waals surface area contributed by atoms with Gasteiger partial charge in [0.15, 0.2) is 5.82 Å². The maximum Gasteiger partial charge on any atom is 0.389 e. The van der Waals surface area contributed by atoms with Gasteiger partial charge in [0.1, 0.15) is 11.3 Å². The summed E-state index contributed by atoms with van der Waals surface area (Å²) in [6.45, 7) is -0.00336. The van der Waals surface area contributed by atoms with Crippen molar-refractivity contribution in [2.24, 2.45) is 0 Å². The normalized spacial score (nSPS) is 12.3. The Morgan fingerprint density at radius 1 is 1.25 bits per heavy atom. The van der Waals surface area contributed by atoms with E-state index in [0.717, 1.165) is 6.07 Å². The lowest BCUT2D eigenvalue weighted by molar-refractivity contribution is -0.135. The highest BCUT2D eigenvalue weighted by Crippen LogP contribution is 2.27. The molecule has 0 aliphatic heterocycles. The van der Waals surface area contributed by atoms with E-state index in [1.165, 1.54) is 10.6 Å². The van der Waals surface area contributed by atoms with E-state index in [1.54, 1.807) is 0 Å². The summed E-state index contributed by atoms with van der Waals surface area (Å²) in [7, 11) is 0. The first-order valence-corrected chi connectivity index (χ1v) is 6.70. The van der Waals surface area contributed by atoms with Crippen molar-refractivity contribution in [3.05, 3.63) is 28.8 Å². The van der Waals surface area contributed by atoms with E-state index >= 15 is 0 Å².